The molecule has 4 heteroatoms. The zero-order chi connectivity index (χ0) is 13.5. The van der Waals surface area contributed by atoms with Crippen molar-refractivity contribution in [3.63, 3.8) is 0 Å². The fourth-order valence-corrected chi connectivity index (χ4v) is 3.30. The van der Waals surface area contributed by atoms with Crippen molar-refractivity contribution < 1.29 is 9.13 Å². The highest BCUT2D eigenvalue weighted by atomic mass is 19.1. The number of nitrogens with zero attached hydrogens (tertiary/aromatic N) is 1. The Hall–Kier alpha value is -1.29. The van der Waals surface area contributed by atoms with E-state index >= 15 is 4.39 Å². The lowest BCUT2D eigenvalue weighted by Gasteiger charge is -2.27. The summed E-state index contributed by atoms with van der Waals surface area (Å²) in [5, 5.41) is 3.18. The van der Waals surface area contributed by atoms with Crippen LogP contribution >= 0.6 is 0 Å². The molecule has 3 rings (SSSR count). The molecule has 1 fully saturated rings. The van der Waals surface area contributed by atoms with Crippen molar-refractivity contribution in [1.29, 1.82) is 0 Å². The van der Waals surface area contributed by atoms with E-state index in [0.29, 0.717) is 19.0 Å². The van der Waals surface area contributed by atoms with Crippen LogP contribution in [0.1, 0.15) is 24.8 Å². The number of alkyl halides is 1. The number of likely N-dealkylation sites (tertiary alicyclic amines) is 1. The van der Waals surface area contributed by atoms with Gasteiger partial charge in [0.1, 0.15) is 5.75 Å². The van der Waals surface area contributed by atoms with Crippen LogP contribution < -0.4 is 10.1 Å². The lowest BCUT2D eigenvalue weighted by atomic mass is 9.90. The first-order chi connectivity index (χ1) is 9.12. The van der Waals surface area contributed by atoms with E-state index in [1.54, 1.807) is 7.11 Å². The van der Waals surface area contributed by atoms with Crippen LogP contribution in [0, 0.1) is 0 Å². The summed E-state index contributed by atoms with van der Waals surface area (Å²) in [6.45, 7) is 1.46. The van der Waals surface area contributed by atoms with E-state index < -0.39 is 5.67 Å². The molecule has 0 aromatic heterocycles. The van der Waals surface area contributed by atoms with Gasteiger partial charge in [0.05, 0.1) is 13.7 Å². The van der Waals surface area contributed by atoms with Crippen LogP contribution in [0.25, 0.3) is 0 Å². The third-order valence-corrected chi connectivity index (χ3v) is 4.50. The normalized spacial score (nSPS) is 30.2. The summed E-state index contributed by atoms with van der Waals surface area (Å²) in [6.07, 6.45) is 2.84. The van der Waals surface area contributed by atoms with Crippen LogP contribution in [0.4, 0.5) is 10.1 Å². The number of fused-ring (bicyclic) bond motifs is 1. The van der Waals surface area contributed by atoms with Gasteiger partial charge in [0, 0.05) is 23.7 Å². The number of methoxy groups -OCH3 is 1. The minimum Gasteiger partial charge on any atom is -0.497 e. The molecule has 2 aliphatic rings. The quantitative estimate of drug-likeness (QED) is 0.908. The monoisotopic (exact) mass is 264 g/mol. The predicted molar refractivity (Wildman–Crippen MR) is 74.5 cm³/mol. The van der Waals surface area contributed by atoms with Crippen molar-refractivity contribution >= 4 is 5.69 Å². The van der Waals surface area contributed by atoms with Gasteiger partial charge >= 0.3 is 0 Å². The largest absolute Gasteiger partial charge is 0.497 e. The SMILES string of the molecule is COc1ccc2c(c1)C(F)(C[C@@H]1CCCN1C)CN2. The second kappa shape index (κ2) is 4.67. The highest BCUT2D eigenvalue weighted by Gasteiger charge is 2.42. The van der Waals surface area contributed by atoms with Crippen LogP contribution in [0.3, 0.4) is 0 Å². The van der Waals surface area contributed by atoms with E-state index in [1.165, 1.54) is 6.42 Å². The number of benzene rings is 1. The molecule has 0 bridgehead atoms. The average molecular weight is 264 g/mol. The number of halogens is 1. The summed E-state index contributed by atoms with van der Waals surface area (Å²) in [7, 11) is 3.71. The van der Waals surface area contributed by atoms with E-state index in [2.05, 4.69) is 17.3 Å². The van der Waals surface area contributed by atoms with Crippen molar-refractivity contribution in [2.75, 3.05) is 32.6 Å². The van der Waals surface area contributed by atoms with Gasteiger partial charge < -0.3 is 15.0 Å². The zero-order valence-corrected chi connectivity index (χ0v) is 11.6. The van der Waals surface area contributed by atoms with Gasteiger partial charge in [-0.1, -0.05) is 0 Å². The maximum atomic E-state index is 15.3. The molecule has 2 atom stereocenters. The molecule has 19 heavy (non-hydrogen) atoms. The van der Waals surface area contributed by atoms with Gasteiger partial charge in [0.25, 0.3) is 0 Å². The smallest absolute Gasteiger partial charge is 0.156 e. The molecular weight excluding hydrogens is 243 g/mol. The maximum absolute atomic E-state index is 15.3. The Balaban J connectivity index is 1.86. The van der Waals surface area contributed by atoms with Crippen molar-refractivity contribution in [3.05, 3.63) is 23.8 Å². The Kier molecular flexibility index (Phi) is 3.13. The van der Waals surface area contributed by atoms with E-state index in [0.717, 1.165) is 30.0 Å². The van der Waals surface area contributed by atoms with Gasteiger partial charge in [0.15, 0.2) is 5.67 Å². The summed E-state index contributed by atoms with van der Waals surface area (Å²) < 4.78 is 20.5. The molecule has 0 radical (unpaired) electrons. The average Bonchev–Trinajstić information content (AvgIpc) is 2.95. The van der Waals surface area contributed by atoms with E-state index in [4.69, 9.17) is 4.74 Å². The van der Waals surface area contributed by atoms with Crippen LogP contribution in [-0.4, -0.2) is 38.2 Å². The summed E-state index contributed by atoms with van der Waals surface area (Å²) in [4.78, 5) is 2.28. The minimum atomic E-state index is -1.27. The van der Waals surface area contributed by atoms with Gasteiger partial charge in [-0.3, -0.25) is 0 Å². The summed E-state index contributed by atoms with van der Waals surface area (Å²) >= 11 is 0. The van der Waals surface area contributed by atoms with Crippen LogP contribution in [0.2, 0.25) is 0 Å². The van der Waals surface area contributed by atoms with Crippen LogP contribution in [0.5, 0.6) is 5.75 Å². The third kappa shape index (κ3) is 2.18. The molecule has 1 aromatic rings. The second-order valence-electron chi connectivity index (χ2n) is 5.71. The molecule has 1 unspecified atom stereocenters. The number of hydrogen-bond donors (Lipinski definition) is 1. The van der Waals surface area contributed by atoms with Gasteiger partial charge in [0.2, 0.25) is 0 Å². The molecule has 1 N–H and O–H groups in total. The fraction of sp³-hybridized carbons (Fsp3) is 0.600. The molecule has 0 aliphatic carbocycles. The Morgan fingerprint density at radius 3 is 3.05 bits per heavy atom. The minimum absolute atomic E-state index is 0.351. The number of nitrogens with one attached hydrogen (secondary N) is 1. The molecule has 0 saturated carbocycles. The molecule has 0 amide bonds. The number of rotatable bonds is 3. The van der Waals surface area contributed by atoms with E-state index in [-0.39, 0.29) is 0 Å². The van der Waals surface area contributed by atoms with Gasteiger partial charge in [-0.15, -0.1) is 0 Å². The van der Waals surface area contributed by atoms with Crippen LogP contribution in [0.15, 0.2) is 18.2 Å². The summed E-state index contributed by atoms with van der Waals surface area (Å²) in [5.41, 5.74) is 0.392. The molecule has 1 aromatic carbocycles. The van der Waals surface area contributed by atoms with Gasteiger partial charge in [-0.2, -0.15) is 0 Å². The first kappa shape index (κ1) is 12.7. The Morgan fingerprint density at radius 1 is 1.53 bits per heavy atom. The zero-order valence-electron chi connectivity index (χ0n) is 11.6. The first-order valence-corrected chi connectivity index (χ1v) is 6.94. The van der Waals surface area contributed by atoms with Gasteiger partial charge in [-0.25, -0.2) is 4.39 Å². The summed E-state index contributed by atoms with van der Waals surface area (Å²) in [5.74, 6) is 0.726. The van der Waals surface area contributed by atoms with Gasteiger partial charge in [-0.05, 0) is 44.6 Å². The highest BCUT2D eigenvalue weighted by Crippen LogP contribution is 2.44. The number of ether oxygens (including phenoxy) is 1. The standard InChI is InChI=1S/C15H21FN2O/c1-18-7-3-4-11(18)9-15(16)10-17-14-6-5-12(19-2)8-13(14)15/h5-6,8,11,17H,3-4,7,9-10H2,1-2H3/t11-,15?/m0/s1. The van der Waals surface area contributed by atoms with Crippen molar-refractivity contribution in [2.24, 2.45) is 0 Å². The van der Waals surface area contributed by atoms with Crippen molar-refractivity contribution in [2.45, 2.75) is 31.0 Å². The Labute approximate surface area is 113 Å². The molecule has 0 spiro atoms. The molecule has 104 valence electrons. The molecule has 1 saturated heterocycles. The Bertz CT molecular complexity index is 479. The highest BCUT2D eigenvalue weighted by molar-refractivity contribution is 5.61. The van der Waals surface area contributed by atoms with Crippen molar-refractivity contribution in [1.82, 2.24) is 4.90 Å². The third-order valence-electron chi connectivity index (χ3n) is 4.50. The molecule has 2 aliphatic heterocycles. The molecular formula is C15H21FN2O. The lowest BCUT2D eigenvalue weighted by Crippen LogP contribution is -2.34. The van der Waals surface area contributed by atoms with Crippen molar-refractivity contribution in [3.8, 4) is 5.75 Å². The Morgan fingerprint density at radius 2 is 2.37 bits per heavy atom. The second-order valence-corrected chi connectivity index (χ2v) is 5.71. The van der Waals surface area contributed by atoms with E-state index in [9.17, 15) is 0 Å². The summed E-state index contributed by atoms with van der Waals surface area (Å²) in [6, 6.07) is 5.97. The maximum Gasteiger partial charge on any atom is 0.156 e. The first-order valence-electron chi connectivity index (χ1n) is 6.94. The predicted octanol–water partition coefficient (Wildman–Crippen LogP) is 2.77. The topological polar surface area (TPSA) is 24.5 Å². The van der Waals surface area contributed by atoms with E-state index in [1.807, 2.05) is 18.2 Å². The molecule has 2 heterocycles. The number of hydrogen-bond acceptors (Lipinski definition) is 3. The lowest BCUT2D eigenvalue weighted by molar-refractivity contribution is 0.128. The molecule has 3 nitrogen and oxygen atoms in total. The number of anilines is 1. The van der Waals surface area contributed by atoms with Crippen LogP contribution in [-0.2, 0) is 5.67 Å². The fourth-order valence-electron chi connectivity index (χ4n) is 3.30.